The van der Waals surface area contributed by atoms with E-state index in [0.717, 1.165) is 6.07 Å². The van der Waals surface area contributed by atoms with Crippen LogP contribution in [0.1, 0.15) is 29.9 Å². The molecule has 0 saturated heterocycles. The van der Waals surface area contributed by atoms with Crippen molar-refractivity contribution in [2.45, 2.75) is 19.4 Å². The van der Waals surface area contributed by atoms with Crippen molar-refractivity contribution in [3.8, 4) is 11.5 Å². The monoisotopic (exact) mass is 373 g/mol. The first-order valence-corrected chi connectivity index (χ1v) is 8.26. The molecule has 1 aliphatic heterocycles. The van der Waals surface area contributed by atoms with Crippen LogP contribution in [0.25, 0.3) is 0 Å². The Morgan fingerprint density at radius 3 is 2.59 bits per heavy atom. The van der Waals surface area contributed by atoms with Gasteiger partial charge in [0.15, 0.2) is 5.76 Å². The van der Waals surface area contributed by atoms with Gasteiger partial charge in [0.1, 0.15) is 23.7 Å². The smallest absolute Gasteiger partial charge is 0.340 e. The molecule has 1 atom stereocenters. The van der Waals surface area contributed by atoms with E-state index in [1.54, 1.807) is 31.2 Å². The zero-order valence-electron chi connectivity index (χ0n) is 14.9. The maximum atomic E-state index is 12.5. The fraction of sp³-hybridized carbons (Fsp3) is 0.263. The summed E-state index contributed by atoms with van der Waals surface area (Å²) in [5, 5.41) is 9.38. The van der Waals surface area contributed by atoms with Crippen molar-refractivity contribution < 1.29 is 28.5 Å². The van der Waals surface area contributed by atoms with E-state index in [-0.39, 0.29) is 35.3 Å². The van der Waals surface area contributed by atoms with Gasteiger partial charge in [0, 0.05) is 6.07 Å². The minimum Gasteiger partial charge on any atom is -0.497 e. The predicted molar refractivity (Wildman–Crippen MR) is 94.2 cm³/mol. The van der Waals surface area contributed by atoms with Gasteiger partial charge >= 0.3 is 5.97 Å². The third-order valence-corrected chi connectivity index (χ3v) is 4.11. The Labute approximate surface area is 154 Å². The highest BCUT2D eigenvalue weighted by atomic mass is 16.5. The molecule has 0 bridgehead atoms. The molecule has 2 heterocycles. The van der Waals surface area contributed by atoms with E-state index < -0.39 is 23.9 Å². The third-order valence-electron chi connectivity index (χ3n) is 4.11. The van der Waals surface area contributed by atoms with Crippen molar-refractivity contribution in [2.24, 2.45) is 5.73 Å². The first-order chi connectivity index (χ1) is 13.0. The topological polar surface area (TPSA) is 121 Å². The number of aliphatic hydroxyl groups is 1. The lowest BCUT2D eigenvalue weighted by atomic mass is 9.86. The first-order valence-electron chi connectivity index (χ1n) is 8.26. The van der Waals surface area contributed by atoms with E-state index in [9.17, 15) is 14.7 Å². The van der Waals surface area contributed by atoms with Crippen molar-refractivity contribution in [3.63, 3.8) is 0 Å². The van der Waals surface area contributed by atoms with Gasteiger partial charge in [0.25, 0.3) is 0 Å². The van der Waals surface area contributed by atoms with Crippen molar-refractivity contribution in [3.05, 3.63) is 69.1 Å². The lowest BCUT2D eigenvalue weighted by Gasteiger charge is -2.27. The highest BCUT2D eigenvalue weighted by molar-refractivity contribution is 5.92. The van der Waals surface area contributed by atoms with E-state index in [1.807, 2.05) is 0 Å². The molecule has 0 amide bonds. The Balaban J connectivity index is 2.23. The number of rotatable bonds is 5. The predicted octanol–water partition coefficient (Wildman–Crippen LogP) is 1.40. The van der Waals surface area contributed by atoms with Crippen LogP contribution in [-0.4, -0.2) is 24.8 Å². The highest BCUT2D eigenvalue weighted by Gasteiger charge is 2.39. The molecule has 0 radical (unpaired) electrons. The van der Waals surface area contributed by atoms with Crippen LogP contribution in [0.15, 0.2) is 51.0 Å². The molecular formula is C19H19NO7. The average molecular weight is 373 g/mol. The van der Waals surface area contributed by atoms with Crippen molar-refractivity contribution in [2.75, 3.05) is 13.7 Å². The Bertz CT molecular complexity index is 944. The summed E-state index contributed by atoms with van der Waals surface area (Å²) in [5.41, 5.74) is 6.08. The molecule has 0 fully saturated rings. The van der Waals surface area contributed by atoms with Crippen molar-refractivity contribution >= 4 is 5.97 Å². The number of aliphatic hydroxyl groups excluding tert-OH is 1. The second-order valence-electron chi connectivity index (χ2n) is 5.74. The number of benzene rings is 1. The molecule has 3 rings (SSSR count). The molecule has 1 aromatic carbocycles. The summed E-state index contributed by atoms with van der Waals surface area (Å²) in [5.74, 6) is -1.13. The van der Waals surface area contributed by atoms with Gasteiger partial charge < -0.3 is 29.5 Å². The molecule has 0 saturated carbocycles. The van der Waals surface area contributed by atoms with Crippen LogP contribution in [0.4, 0.5) is 0 Å². The summed E-state index contributed by atoms with van der Waals surface area (Å²) < 4.78 is 21.3. The number of carbonyl (C=O) groups is 1. The molecule has 27 heavy (non-hydrogen) atoms. The van der Waals surface area contributed by atoms with E-state index in [0.29, 0.717) is 11.3 Å². The number of esters is 1. The second kappa shape index (κ2) is 7.55. The molecule has 1 unspecified atom stereocenters. The molecular weight excluding hydrogens is 354 g/mol. The van der Waals surface area contributed by atoms with E-state index in [4.69, 9.17) is 24.4 Å². The van der Waals surface area contributed by atoms with Crippen LogP contribution in [0.5, 0.6) is 11.5 Å². The van der Waals surface area contributed by atoms with Crippen LogP contribution >= 0.6 is 0 Å². The van der Waals surface area contributed by atoms with Crippen LogP contribution in [-0.2, 0) is 16.1 Å². The first kappa shape index (κ1) is 18.5. The SMILES string of the molecule is CCOC(=O)C1=C(N)Oc2c(oc(CO)cc2=O)C1c1ccc(OC)cc1. The normalized spacial score (nSPS) is 15.7. The zero-order valence-corrected chi connectivity index (χ0v) is 14.9. The van der Waals surface area contributed by atoms with Gasteiger partial charge in [-0.15, -0.1) is 0 Å². The fourth-order valence-electron chi connectivity index (χ4n) is 2.90. The molecule has 3 N–H and O–H groups in total. The van der Waals surface area contributed by atoms with Crippen LogP contribution < -0.4 is 20.6 Å². The number of hydrogen-bond donors (Lipinski definition) is 2. The van der Waals surface area contributed by atoms with Gasteiger partial charge in [-0.05, 0) is 24.6 Å². The molecule has 0 aliphatic carbocycles. The van der Waals surface area contributed by atoms with Crippen LogP contribution in [0.2, 0.25) is 0 Å². The maximum Gasteiger partial charge on any atom is 0.340 e. The molecule has 1 aliphatic rings. The lowest BCUT2D eigenvalue weighted by Crippen LogP contribution is -2.30. The molecule has 0 spiro atoms. The van der Waals surface area contributed by atoms with Gasteiger partial charge in [-0.2, -0.15) is 0 Å². The van der Waals surface area contributed by atoms with E-state index >= 15 is 0 Å². The molecule has 8 heteroatoms. The lowest BCUT2D eigenvalue weighted by molar-refractivity contribution is -0.139. The minimum atomic E-state index is -0.835. The number of methoxy groups -OCH3 is 1. The summed E-state index contributed by atoms with van der Waals surface area (Å²) in [7, 11) is 1.53. The molecule has 142 valence electrons. The van der Waals surface area contributed by atoms with Crippen molar-refractivity contribution in [1.82, 2.24) is 0 Å². The zero-order chi connectivity index (χ0) is 19.6. The number of ether oxygens (including phenoxy) is 3. The average Bonchev–Trinajstić information content (AvgIpc) is 2.67. The summed E-state index contributed by atoms with van der Waals surface area (Å²) in [4.78, 5) is 24.9. The number of fused-ring (bicyclic) bond motifs is 1. The summed E-state index contributed by atoms with van der Waals surface area (Å²) >= 11 is 0. The Morgan fingerprint density at radius 1 is 1.30 bits per heavy atom. The Hall–Kier alpha value is -3.26. The molecule has 2 aromatic rings. The second-order valence-corrected chi connectivity index (χ2v) is 5.74. The van der Waals surface area contributed by atoms with E-state index in [1.165, 1.54) is 7.11 Å². The van der Waals surface area contributed by atoms with Gasteiger partial charge in [0.2, 0.25) is 17.1 Å². The fourth-order valence-corrected chi connectivity index (χ4v) is 2.90. The summed E-state index contributed by atoms with van der Waals surface area (Å²) in [6.07, 6.45) is 0. The molecule has 1 aromatic heterocycles. The van der Waals surface area contributed by atoms with E-state index in [2.05, 4.69) is 0 Å². The van der Waals surface area contributed by atoms with Gasteiger partial charge in [0.05, 0.1) is 19.6 Å². The summed E-state index contributed by atoms with van der Waals surface area (Å²) in [6, 6.07) is 7.97. The van der Waals surface area contributed by atoms with Crippen LogP contribution in [0.3, 0.4) is 0 Å². The number of hydrogen-bond acceptors (Lipinski definition) is 8. The van der Waals surface area contributed by atoms with Gasteiger partial charge in [-0.1, -0.05) is 12.1 Å². The van der Waals surface area contributed by atoms with Gasteiger partial charge in [-0.3, -0.25) is 4.79 Å². The van der Waals surface area contributed by atoms with Crippen molar-refractivity contribution in [1.29, 1.82) is 0 Å². The summed E-state index contributed by atoms with van der Waals surface area (Å²) in [6.45, 7) is 1.32. The minimum absolute atomic E-state index is 0.0211. The van der Waals surface area contributed by atoms with Gasteiger partial charge in [-0.25, -0.2) is 4.79 Å². The number of nitrogens with two attached hydrogens (primary N) is 1. The largest absolute Gasteiger partial charge is 0.497 e. The number of carbonyl (C=O) groups excluding carboxylic acids is 1. The Morgan fingerprint density at radius 2 is 2.00 bits per heavy atom. The quantitative estimate of drug-likeness (QED) is 0.755. The highest BCUT2D eigenvalue weighted by Crippen LogP contribution is 2.42. The standard InChI is InChI=1S/C19H19NO7/c1-3-25-19(23)15-14(10-4-6-11(24-2)7-5-10)17-16(27-18(15)20)13(22)8-12(9-21)26-17/h4-8,14,21H,3,9,20H2,1-2H3. The molecule has 8 nitrogen and oxygen atoms in total. The Kier molecular flexibility index (Phi) is 5.18. The van der Waals surface area contributed by atoms with Crippen LogP contribution in [0, 0.1) is 0 Å². The third kappa shape index (κ3) is 3.39. The maximum absolute atomic E-state index is 12.5.